The molecular weight excluding hydrogens is 522 g/mol. The molecule has 12 nitrogen and oxygen atoms in total. The Morgan fingerprint density at radius 3 is 2.67 bits per heavy atom. The lowest BCUT2D eigenvalue weighted by atomic mass is 10.0. The third-order valence-electron chi connectivity index (χ3n) is 6.74. The summed E-state index contributed by atoms with van der Waals surface area (Å²) in [6.45, 7) is 3.85. The lowest BCUT2D eigenvalue weighted by Gasteiger charge is -2.29. The number of hydrogen-bond donors (Lipinski definition) is 3. The number of anilines is 2. The second-order valence-corrected chi connectivity index (χ2v) is 11.2. The highest BCUT2D eigenvalue weighted by Crippen LogP contribution is 2.37. The van der Waals surface area contributed by atoms with E-state index in [0.717, 1.165) is 26.7 Å². The van der Waals surface area contributed by atoms with Gasteiger partial charge in [0, 0.05) is 26.6 Å². The van der Waals surface area contributed by atoms with Crippen molar-refractivity contribution in [3.05, 3.63) is 40.5 Å². The number of carbonyl (C=O) groups is 4. The number of thiazole rings is 1. The zero-order valence-electron chi connectivity index (χ0n) is 22.2. The highest BCUT2D eigenvalue weighted by Gasteiger charge is 2.40. The number of carbonyl (C=O) groups excluding carboxylic acids is 4. The zero-order chi connectivity index (χ0) is 28.1. The molecule has 5 amide bonds. The SMILES string of the molecule is COc1cc(N(C)C)c2nc(C(C)(C)NC(=O)Nc3ccc4c(n3)CN(C3CCC(=O)NC3=O)C4=O)sc2c1. The van der Waals surface area contributed by atoms with Gasteiger partial charge in [-0.15, -0.1) is 11.3 Å². The van der Waals surface area contributed by atoms with Gasteiger partial charge in [-0.1, -0.05) is 0 Å². The van der Waals surface area contributed by atoms with E-state index < -0.39 is 23.5 Å². The van der Waals surface area contributed by atoms with Crippen molar-refractivity contribution < 1.29 is 23.9 Å². The van der Waals surface area contributed by atoms with Crippen LogP contribution in [0.1, 0.15) is 47.7 Å². The molecule has 0 radical (unpaired) electrons. The number of aromatic nitrogens is 2. The highest BCUT2D eigenvalue weighted by molar-refractivity contribution is 7.18. The molecule has 204 valence electrons. The summed E-state index contributed by atoms with van der Waals surface area (Å²) in [4.78, 5) is 62.3. The van der Waals surface area contributed by atoms with Crippen LogP contribution >= 0.6 is 11.3 Å². The van der Waals surface area contributed by atoms with Gasteiger partial charge in [-0.3, -0.25) is 25.0 Å². The smallest absolute Gasteiger partial charge is 0.321 e. The van der Waals surface area contributed by atoms with Crippen LogP contribution in [-0.4, -0.2) is 65.9 Å². The number of piperidine rings is 1. The van der Waals surface area contributed by atoms with E-state index in [2.05, 4.69) is 20.9 Å². The van der Waals surface area contributed by atoms with E-state index in [1.165, 1.54) is 16.2 Å². The molecule has 1 fully saturated rings. The van der Waals surface area contributed by atoms with Crippen LogP contribution in [-0.2, 0) is 21.7 Å². The van der Waals surface area contributed by atoms with Gasteiger partial charge in [0.2, 0.25) is 11.8 Å². The molecule has 4 heterocycles. The van der Waals surface area contributed by atoms with Crippen molar-refractivity contribution in [1.29, 1.82) is 0 Å². The average molecular weight is 552 g/mol. The molecule has 1 unspecified atom stereocenters. The molecule has 3 N–H and O–H groups in total. The molecule has 1 atom stereocenters. The highest BCUT2D eigenvalue weighted by atomic mass is 32.1. The Morgan fingerprint density at radius 1 is 1.21 bits per heavy atom. The number of pyridine rings is 1. The van der Waals surface area contributed by atoms with E-state index in [4.69, 9.17) is 9.72 Å². The Morgan fingerprint density at radius 2 is 1.97 bits per heavy atom. The third kappa shape index (κ3) is 4.97. The minimum atomic E-state index is -0.806. The Balaban J connectivity index is 1.30. The van der Waals surface area contributed by atoms with Gasteiger partial charge in [-0.25, -0.2) is 14.8 Å². The predicted octanol–water partition coefficient (Wildman–Crippen LogP) is 2.58. The summed E-state index contributed by atoms with van der Waals surface area (Å²) in [6.07, 6.45) is 0.437. The molecule has 5 rings (SSSR count). The minimum Gasteiger partial charge on any atom is -0.497 e. The first kappa shape index (κ1) is 26.4. The Bertz CT molecular complexity index is 1520. The fourth-order valence-corrected chi connectivity index (χ4v) is 5.78. The van der Waals surface area contributed by atoms with Crippen molar-refractivity contribution in [2.24, 2.45) is 0 Å². The lowest BCUT2D eigenvalue weighted by molar-refractivity contribution is -0.136. The molecule has 0 saturated carbocycles. The van der Waals surface area contributed by atoms with Crippen molar-refractivity contribution in [1.82, 2.24) is 25.5 Å². The summed E-state index contributed by atoms with van der Waals surface area (Å²) >= 11 is 1.47. The molecule has 0 aliphatic carbocycles. The number of imide groups is 1. The van der Waals surface area contributed by atoms with E-state index in [0.29, 0.717) is 11.3 Å². The van der Waals surface area contributed by atoms with Gasteiger partial charge in [0.15, 0.2) is 0 Å². The number of nitrogens with one attached hydrogen (secondary N) is 3. The molecule has 0 bridgehead atoms. The van der Waals surface area contributed by atoms with E-state index >= 15 is 0 Å². The van der Waals surface area contributed by atoms with Crippen LogP contribution in [0.5, 0.6) is 5.75 Å². The standard InChI is InChI=1S/C26H29N7O5S/c1-26(2,24-30-21-17(32(3)4)10-13(38-5)11-18(21)39-24)31-25(37)28-19-8-6-14-15(27-19)12-33(23(14)36)16-7-9-20(34)29-22(16)35/h6,8,10-11,16H,7,9,12H2,1-5H3,(H,29,34,35)(H2,27,28,31,37). The van der Waals surface area contributed by atoms with E-state index in [1.807, 2.05) is 45.0 Å². The van der Waals surface area contributed by atoms with Crippen molar-refractivity contribution in [2.75, 3.05) is 31.4 Å². The third-order valence-corrected chi connectivity index (χ3v) is 8.07. The molecule has 1 saturated heterocycles. The molecule has 2 aliphatic heterocycles. The molecule has 1 aromatic carbocycles. The number of urea groups is 1. The summed E-state index contributed by atoms with van der Waals surface area (Å²) in [5, 5.41) is 8.69. The van der Waals surface area contributed by atoms with Gasteiger partial charge in [0.1, 0.15) is 28.1 Å². The van der Waals surface area contributed by atoms with Gasteiger partial charge >= 0.3 is 6.03 Å². The van der Waals surface area contributed by atoms with Gasteiger partial charge in [0.05, 0.1) is 40.8 Å². The fraction of sp³-hybridized carbons (Fsp3) is 0.385. The maximum Gasteiger partial charge on any atom is 0.321 e. The summed E-state index contributed by atoms with van der Waals surface area (Å²) in [5.74, 6) is -0.166. The van der Waals surface area contributed by atoms with E-state index in [-0.39, 0.29) is 37.0 Å². The van der Waals surface area contributed by atoms with Gasteiger partial charge < -0.3 is 19.9 Å². The fourth-order valence-electron chi connectivity index (χ4n) is 4.70. The normalized spacial score (nSPS) is 17.2. The van der Waals surface area contributed by atoms with Crippen LogP contribution in [0.3, 0.4) is 0 Å². The predicted molar refractivity (Wildman–Crippen MR) is 146 cm³/mol. The Kier molecular flexibility index (Phi) is 6.62. The Hall–Kier alpha value is -4.26. The number of fused-ring (bicyclic) bond motifs is 2. The van der Waals surface area contributed by atoms with Crippen LogP contribution < -0.4 is 25.6 Å². The molecular formula is C26H29N7O5S. The first-order valence-corrected chi connectivity index (χ1v) is 13.2. The number of rotatable bonds is 6. The second kappa shape index (κ2) is 9.80. The van der Waals surface area contributed by atoms with Crippen molar-refractivity contribution in [3.8, 4) is 5.75 Å². The number of methoxy groups -OCH3 is 1. The first-order valence-electron chi connectivity index (χ1n) is 12.4. The topological polar surface area (TPSA) is 146 Å². The number of nitrogens with zero attached hydrogens (tertiary/aromatic N) is 4. The van der Waals surface area contributed by atoms with Crippen molar-refractivity contribution in [2.45, 2.75) is 44.8 Å². The van der Waals surface area contributed by atoms with Crippen LogP contribution in [0.15, 0.2) is 24.3 Å². The Labute approximate surface area is 228 Å². The van der Waals surface area contributed by atoms with Gasteiger partial charge in [-0.2, -0.15) is 0 Å². The molecule has 0 spiro atoms. The molecule has 2 aromatic heterocycles. The maximum atomic E-state index is 13.0. The summed E-state index contributed by atoms with van der Waals surface area (Å²) in [5.41, 5.74) is 1.75. The zero-order valence-corrected chi connectivity index (χ0v) is 23.1. The van der Waals surface area contributed by atoms with E-state index in [9.17, 15) is 19.2 Å². The molecule has 2 aliphatic rings. The molecule has 3 aromatic rings. The minimum absolute atomic E-state index is 0.118. The summed E-state index contributed by atoms with van der Waals surface area (Å²) in [7, 11) is 5.49. The van der Waals surface area contributed by atoms with E-state index in [1.54, 1.807) is 19.2 Å². The first-order chi connectivity index (χ1) is 18.5. The van der Waals surface area contributed by atoms with Crippen LogP contribution in [0.4, 0.5) is 16.3 Å². The molecule has 13 heteroatoms. The number of amides is 5. The van der Waals surface area contributed by atoms with Crippen LogP contribution in [0.2, 0.25) is 0 Å². The largest absolute Gasteiger partial charge is 0.497 e. The van der Waals surface area contributed by atoms with Crippen molar-refractivity contribution >= 4 is 56.8 Å². The monoisotopic (exact) mass is 551 g/mol. The maximum absolute atomic E-state index is 13.0. The molecule has 39 heavy (non-hydrogen) atoms. The number of hydrogen-bond acceptors (Lipinski definition) is 9. The lowest BCUT2D eigenvalue weighted by Crippen LogP contribution is -2.52. The van der Waals surface area contributed by atoms with Gasteiger partial charge in [-0.05, 0) is 38.5 Å². The van der Waals surface area contributed by atoms with Crippen LogP contribution in [0, 0.1) is 0 Å². The average Bonchev–Trinajstić information content (AvgIpc) is 3.44. The summed E-state index contributed by atoms with van der Waals surface area (Å²) < 4.78 is 6.37. The quantitative estimate of drug-likeness (QED) is 0.396. The summed E-state index contributed by atoms with van der Waals surface area (Å²) in [6, 6.07) is 5.76. The second-order valence-electron chi connectivity index (χ2n) is 10.2. The number of benzene rings is 1. The van der Waals surface area contributed by atoms with Crippen LogP contribution in [0.25, 0.3) is 10.2 Å². The number of ether oxygens (including phenoxy) is 1. The van der Waals surface area contributed by atoms with Crippen molar-refractivity contribution in [3.63, 3.8) is 0 Å². The van der Waals surface area contributed by atoms with Gasteiger partial charge in [0.25, 0.3) is 5.91 Å².